The quantitative estimate of drug-likeness (QED) is 0.664. The van der Waals surface area contributed by atoms with Crippen molar-refractivity contribution < 1.29 is 19.0 Å². The highest BCUT2D eigenvalue weighted by Crippen LogP contribution is 2.28. The molecule has 0 radical (unpaired) electrons. The largest absolute Gasteiger partial charge is 0.493 e. The van der Waals surface area contributed by atoms with Gasteiger partial charge in [0.25, 0.3) is 5.91 Å². The molecule has 5 heteroatoms. The van der Waals surface area contributed by atoms with E-state index < -0.39 is 0 Å². The fraction of sp³-hybridized carbons (Fsp3) is 0.409. The predicted octanol–water partition coefficient (Wildman–Crippen LogP) is 4.59. The molecule has 0 saturated carbocycles. The van der Waals surface area contributed by atoms with Gasteiger partial charge in [0.05, 0.1) is 13.7 Å². The molecule has 0 bridgehead atoms. The molecule has 2 aromatic rings. The number of benzene rings is 2. The summed E-state index contributed by atoms with van der Waals surface area (Å²) in [6.45, 7) is 6.87. The van der Waals surface area contributed by atoms with Crippen LogP contribution in [0.2, 0.25) is 0 Å². The molecule has 1 unspecified atom stereocenters. The molecule has 0 aliphatic carbocycles. The highest BCUT2D eigenvalue weighted by molar-refractivity contribution is 5.94. The van der Waals surface area contributed by atoms with E-state index >= 15 is 0 Å². The first-order chi connectivity index (χ1) is 13.1. The SMILES string of the molecule is CCCC(C)NC(=O)c1ccc(OCC)c(COc2ccccc2OC)c1. The lowest BCUT2D eigenvalue weighted by Gasteiger charge is -2.16. The fourth-order valence-corrected chi connectivity index (χ4v) is 2.84. The molecular formula is C22H29NO4. The topological polar surface area (TPSA) is 56.8 Å². The fourth-order valence-electron chi connectivity index (χ4n) is 2.84. The van der Waals surface area contributed by atoms with Crippen LogP contribution in [0.15, 0.2) is 42.5 Å². The monoisotopic (exact) mass is 371 g/mol. The van der Waals surface area contributed by atoms with Crippen LogP contribution in [0.5, 0.6) is 17.2 Å². The number of para-hydroxylation sites is 2. The first kappa shape index (κ1) is 20.6. The lowest BCUT2D eigenvalue weighted by molar-refractivity contribution is 0.0938. The van der Waals surface area contributed by atoms with Gasteiger partial charge in [0, 0.05) is 17.2 Å². The van der Waals surface area contributed by atoms with Crippen molar-refractivity contribution in [2.75, 3.05) is 13.7 Å². The lowest BCUT2D eigenvalue weighted by atomic mass is 10.1. The first-order valence-corrected chi connectivity index (χ1v) is 9.41. The Kier molecular flexibility index (Phi) is 7.99. The average molecular weight is 371 g/mol. The normalized spacial score (nSPS) is 11.6. The van der Waals surface area contributed by atoms with Gasteiger partial charge in [-0.15, -0.1) is 0 Å². The highest BCUT2D eigenvalue weighted by atomic mass is 16.5. The number of hydrogen-bond acceptors (Lipinski definition) is 4. The second kappa shape index (κ2) is 10.5. The van der Waals surface area contributed by atoms with Crippen molar-refractivity contribution in [3.63, 3.8) is 0 Å². The molecule has 0 aliphatic rings. The number of rotatable bonds is 10. The van der Waals surface area contributed by atoms with Gasteiger partial charge in [-0.3, -0.25) is 4.79 Å². The molecule has 0 spiro atoms. The molecule has 146 valence electrons. The summed E-state index contributed by atoms with van der Waals surface area (Å²) in [6, 6.07) is 13.0. The van der Waals surface area contributed by atoms with Crippen molar-refractivity contribution in [2.24, 2.45) is 0 Å². The van der Waals surface area contributed by atoms with Crippen LogP contribution >= 0.6 is 0 Å². The number of carbonyl (C=O) groups excluding carboxylic acids is 1. The molecule has 27 heavy (non-hydrogen) atoms. The van der Waals surface area contributed by atoms with E-state index in [2.05, 4.69) is 12.2 Å². The van der Waals surface area contributed by atoms with Gasteiger partial charge in [0.15, 0.2) is 11.5 Å². The first-order valence-electron chi connectivity index (χ1n) is 9.41. The number of amides is 1. The minimum atomic E-state index is -0.0856. The summed E-state index contributed by atoms with van der Waals surface area (Å²) in [7, 11) is 1.61. The summed E-state index contributed by atoms with van der Waals surface area (Å²) in [5.74, 6) is 1.94. The van der Waals surface area contributed by atoms with Crippen LogP contribution in [0.1, 0.15) is 49.5 Å². The Morgan fingerprint density at radius 1 is 1.04 bits per heavy atom. The maximum Gasteiger partial charge on any atom is 0.251 e. The smallest absolute Gasteiger partial charge is 0.251 e. The van der Waals surface area contributed by atoms with E-state index in [4.69, 9.17) is 14.2 Å². The average Bonchev–Trinajstić information content (AvgIpc) is 2.67. The second-order valence-corrected chi connectivity index (χ2v) is 6.36. The third-order valence-corrected chi connectivity index (χ3v) is 4.17. The lowest BCUT2D eigenvalue weighted by Crippen LogP contribution is -2.32. The third-order valence-electron chi connectivity index (χ3n) is 4.17. The maximum atomic E-state index is 12.5. The van der Waals surface area contributed by atoms with E-state index in [1.165, 1.54) is 0 Å². The van der Waals surface area contributed by atoms with Crippen molar-refractivity contribution >= 4 is 5.91 Å². The molecule has 1 N–H and O–H groups in total. The van der Waals surface area contributed by atoms with Crippen LogP contribution in [0.4, 0.5) is 0 Å². The summed E-state index contributed by atoms with van der Waals surface area (Å²) in [5.41, 5.74) is 1.42. The molecule has 1 atom stereocenters. The number of hydrogen-bond donors (Lipinski definition) is 1. The van der Waals surface area contributed by atoms with Crippen LogP contribution in [-0.2, 0) is 6.61 Å². The summed E-state index contributed by atoms with van der Waals surface area (Å²) in [5, 5.41) is 3.03. The molecule has 1 amide bonds. The minimum Gasteiger partial charge on any atom is -0.493 e. The van der Waals surface area contributed by atoms with Crippen LogP contribution in [-0.4, -0.2) is 25.7 Å². The minimum absolute atomic E-state index is 0.0856. The number of methoxy groups -OCH3 is 1. The molecule has 5 nitrogen and oxygen atoms in total. The van der Waals surface area contributed by atoms with E-state index in [1.807, 2.05) is 50.2 Å². The number of ether oxygens (including phenoxy) is 3. The van der Waals surface area contributed by atoms with Gasteiger partial charge in [-0.05, 0) is 50.6 Å². The van der Waals surface area contributed by atoms with Crippen molar-refractivity contribution in [3.05, 3.63) is 53.6 Å². The third kappa shape index (κ3) is 5.91. The van der Waals surface area contributed by atoms with E-state index in [1.54, 1.807) is 13.2 Å². The van der Waals surface area contributed by atoms with Gasteiger partial charge >= 0.3 is 0 Å². The van der Waals surface area contributed by atoms with E-state index in [0.29, 0.717) is 29.4 Å². The Morgan fingerprint density at radius 2 is 1.78 bits per heavy atom. The summed E-state index contributed by atoms with van der Waals surface area (Å²) in [6.07, 6.45) is 1.98. The van der Waals surface area contributed by atoms with Crippen molar-refractivity contribution in [1.29, 1.82) is 0 Å². The standard InChI is InChI=1S/C22H29NO4/c1-5-9-16(3)23-22(24)17-12-13-19(26-6-2)18(14-17)15-27-21-11-8-7-10-20(21)25-4/h7-8,10-14,16H,5-6,9,15H2,1-4H3,(H,23,24). The zero-order valence-corrected chi connectivity index (χ0v) is 16.6. The number of carbonyl (C=O) groups is 1. The van der Waals surface area contributed by atoms with Crippen molar-refractivity contribution in [2.45, 2.75) is 46.3 Å². The van der Waals surface area contributed by atoms with Crippen LogP contribution < -0.4 is 19.5 Å². The van der Waals surface area contributed by atoms with Gasteiger partial charge in [0.1, 0.15) is 12.4 Å². The zero-order valence-electron chi connectivity index (χ0n) is 16.6. The Bertz CT molecular complexity index is 745. The Hall–Kier alpha value is -2.69. The summed E-state index contributed by atoms with van der Waals surface area (Å²) < 4.78 is 16.9. The Balaban J connectivity index is 2.18. The van der Waals surface area contributed by atoms with Crippen LogP contribution in [0.25, 0.3) is 0 Å². The van der Waals surface area contributed by atoms with E-state index in [0.717, 1.165) is 18.4 Å². The van der Waals surface area contributed by atoms with E-state index in [-0.39, 0.29) is 18.6 Å². The summed E-state index contributed by atoms with van der Waals surface area (Å²) >= 11 is 0. The van der Waals surface area contributed by atoms with Crippen LogP contribution in [0, 0.1) is 0 Å². The Morgan fingerprint density at radius 3 is 2.44 bits per heavy atom. The highest BCUT2D eigenvalue weighted by Gasteiger charge is 2.14. The molecule has 0 heterocycles. The predicted molar refractivity (Wildman–Crippen MR) is 107 cm³/mol. The van der Waals surface area contributed by atoms with Gasteiger partial charge in [-0.25, -0.2) is 0 Å². The maximum absolute atomic E-state index is 12.5. The molecule has 0 aliphatic heterocycles. The molecule has 0 saturated heterocycles. The zero-order chi connectivity index (χ0) is 19.6. The van der Waals surface area contributed by atoms with Crippen molar-refractivity contribution in [1.82, 2.24) is 5.32 Å². The van der Waals surface area contributed by atoms with Crippen molar-refractivity contribution in [3.8, 4) is 17.2 Å². The van der Waals surface area contributed by atoms with Gasteiger partial charge in [-0.2, -0.15) is 0 Å². The molecule has 2 aromatic carbocycles. The van der Waals surface area contributed by atoms with Gasteiger partial charge in [-0.1, -0.05) is 25.5 Å². The Labute approximate surface area is 161 Å². The molecule has 0 aromatic heterocycles. The van der Waals surface area contributed by atoms with Gasteiger partial charge in [0.2, 0.25) is 0 Å². The van der Waals surface area contributed by atoms with Crippen LogP contribution in [0.3, 0.4) is 0 Å². The second-order valence-electron chi connectivity index (χ2n) is 6.36. The van der Waals surface area contributed by atoms with E-state index in [9.17, 15) is 4.79 Å². The molecular weight excluding hydrogens is 342 g/mol. The van der Waals surface area contributed by atoms with Gasteiger partial charge < -0.3 is 19.5 Å². The molecule has 2 rings (SSSR count). The number of nitrogens with one attached hydrogen (secondary N) is 1. The summed E-state index contributed by atoms with van der Waals surface area (Å²) in [4.78, 5) is 12.5. The molecule has 0 fully saturated rings.